The van der Waals surface area contributed by atoms with Gasteiger partial charge in [0.15, 0.2) is 5.65 Å². The number of hydrogen-bond acceptors (Lipinski definition) is 2. The number of H-pyrrole nitrogens is 1. The van der Waals surface area contributed by atoms with Gasteiger partial charge in [-0.25, -0.2) is 14.4 Å². The van der Waals surface area contributed by atoms with Crippen LogP contribution in [-0.2, 0) is 0 Å². The maximum Gasteiger partial charge on any atom is 0.178 e. The van der Waals surface area contributed by atoms with Gasteiger partial charge < -0.3 is 4.98 Å². The normalized spacial score (nSPS) is 11.4. The van der Waals surface area contributed by atoms with Crippen LogP contribution in [0, 0.1) is 5.82 Å². The Labute approximate surface area is 103 Å². The van der Waals surface area contributed by atoms with E-state index in [9.17, 15) is 4.39 Å². The highest BCUT2D eigenvalue weighted by molar-refractivity contribution is 5.75. The number of hydrogen-bond donors (Lipinski definition) is 1. The van der Waals surface area contributed by atoms with E-state index < -0.39 is 0 Å². The number of imidazole rings is 1. The Kier molecular flexibility index (Phi) is 2.61. The molecule has 4 heteroatoms. The molecule has 0 spiro atoms. The molecule has 3 aromatic rings. The van der Waals surface area contributed by atoms with Gasteiger partial charge >= 0.3 is 0 Å². The Morgan fingerprint density at radius 2 is 1.89 bits per heavy atom. The molecular formula is C14H10FN3. The van der Waals surface area contributed by atoms with Crippen LogP contribution >= 0.6 is 0 Å². The maximum atomic E-state index is 12.7. The third kappa shape index (κ3) is 2.13. The largest absolute Gasteiger partial charge is 0.337 e. The van der Waals surface area contributed by atoms with E-state index in [0.29, 0.717) is 5.65 Å². The molecule has 0 aliphatic heterocycles. The monoisotopic (exact) mass is 239 g/mol. The number of nitrogens with zero attached hydrogens (tertiary/aromatic N) is 2. The molecule has 0 atom stereocenters. The minimum absolute atomic E-state index is 0.236. The van der Waals surface area contributed by atoms with Crippen LogP contribution in [0.1, 0.15) is 11.4 Å². The van der Waals surface area contributed by atoms with Crippen LogP contribution in [0.15, 0.2) is 42.6 Å². The Balaban J connectivity index is 1.89. The van der Waals surface area contributed by atoms with Crippen molar-refractivity contribution in [2.24, 2.45) is 0 Å². The van der Waals surface area contributed by atoms with Gasteiger partial charge in [-0.05, 0) is 35.9 Å². The van der Waals surface area contributed by atoms with Gasteiger partial charge in [-0.15, -0.1) is 0 Å². The SMILES string of the molecule is Fc1ccc(/C=C/c2nc3ncccc3[nH]2)cc1. The predicted molar refractivity (Wildman–Crippen MR) is 69.2 cm³/mol. The Morgan fingerprint density at radius 3 is 2.67 bits per heavy atom. The van der Waals surface area contributed by atoms with Crippen LogP contribution in [-0.4, -0.2) is 15.0 Å². The van der Waals surface area contributed by atoms with E-state index in [2.05, 4.69) is 15.0 Å². The predicted octanol–water partition coefficient (Wildman–Crippen LogP) is 3.27. The first-order valence-electron chi connectivity index (χ1n) is 5.56. The second-order valence-corrected chi connectivity index (χ2v) is 3.88. The Bertz CT molecular complexity index is 665. The fraction of sp³-hybridized carbons (Fsp3) is 0. The summed E-state index contributed by atoms with van der Waals surface area (Å²) in [7, 11) is 0. The van der Waals surface area contributed by atoms with Crippen molar-refractivity contribution in [2.45, 2.75) is 0 Å². The lowest BCUT2D eigenvalue weighted by Crippen LogP contribution is -1.76. The third-order valence-electron chi connectivity index (χ3n) is 2.58. The number of rotatable bonds is 2. The zero-order chi connectivity index (χ0) is 12.4. The molecule has 0 bridgehead atoms. The molecule has 88 valence electrons. The molecule has 0 radical (unpaired) electrons. The van der Waals surface area contributed by atoms with E-state index in [1.54, 1.807) is 18.3 Å². The van der Waals surface area contributed by atoms with E-state index in [4.69, 9.17) is 0 Å². The van der Waals surface area contributed by atoms with Crippen molar-refractivity contribution in [3.05, 3.63) is 59.8 Å². The van der Waals surface area contributed by atoms with Gasteiger partial charge in [0.25, 0.3) is 0 Å². The van der Waals surface area contributed by atoms with Crippen molar-refractivity contribution in [3.63, 3.8) is 0 Å². The van der Waals surface area contributed by atoms with Gasteiger partial charge in [0.05, 0.1) is 5.52 Å². The topological polar surface area (TPSA) is 41.6 Å². The summed E-state index contributed by atoms with van der Waals surface area (Å²) in [6.45, 7) is 0. The molecule has 0 saturated carbocycles. The third-order valence-corrected chi connectivity index (χ3v) is 2.58. The zero-order valence-corrected chi connectivity index (χ0v) is 9.47. The second-order valence-electron chi connectivity index (χ2n) is 3.88. The fourth-order valence-corrected chi connectivity index (χ4v) is 1.69. The lowest BCUT2D eigenvalue weighted by atomic mass is 10.2. The molecular weight excluding hydrogens is 229 g/mol. The van der Waals surface area contributed by atoms with Crippen LogP contribution in [0.3, 0.4) is 0 Å². The summed E-state index contributed by atoms with van der Waals surface area (Å²) in [5, 5.41) is 0. The van der Waals surface area contributed by atoms with Crippen LogP contribution in [0.4, 0.5) is 4.39 Å². The van der Waals surface area contributed by atoms with Crippen molar-refractivity contribution in [1.82, 2.24) is 15.0 Å². The lowest BCUT2D eigenvalue weighted by molar-refractivity contribution is 0.628. The Morgan fingerprint density at radius 1 is 1.06 bits per heavy atom. The number of aromatic amines is 1. The molecule has 2 heterocycles. The van der Waals surface area contributed by atoms with Crippen LogP contribution in [0.2, 0.25) is 0 Å². The minimum Gasteiger partial charge on any atom is -0.337 e. The number of halogens is 1. The van der Waals surface area contributed by atoms with Gasteiger partial charge in [0, 0.05) is 6.20 Å². The minimum atomic E-state index is -0.236. The fourth-order valence-electron chi connectivity index (χ4n) is 1.69. The summed E-state index contributed by atoms with van der Waals surface area (Å²) in [6.07, 6.45) is 5.42. The van der Waals surface area contributed by atoms with E-state index in [-0.39, 0.29) is 5.82 Å². The highest BCUT2D eigenvalue weighted by atomic mass is 19.1. The molecule has 1 aromatic carbocycles. The number of benzene rings is 1. The van der Waals surface area contributed by atoms with Crippen molar-refractivity contribution >= 4 is 23.3 Å². The van der Waals surface area contributed by atoms with E-state index in [0.717, 1.165) is 16.9 Å². The van der Waals surface area contributed by atoms with Crippen molar-refractivity contribution in [1.29, 1.82) is 0 Å². The van der Waals surface area contributed by atoms with Gasteiger partial charge in [0.1, 0.15) is 11.6 Å². The summed E-state index contributed by atoms with van der Waals surface area (Å²) < 4.78 is 12.7. The molecule has 0 aliphatic rings. The highest BCUT2D eigenvalue weighted by Crippen LogP contribution is 2.11. The molecule has 2 aromatic heterocycles. The molecule has 0 aliphatic carbocycles. The maximum absolute atomic E-state index is 12.7. The van der Waals surface area contributed by atoms with Crippen molar-refractivity contribution in [2.75, 3.05) is 0 Å². The van der Waals surface area contributed by atoms with E-state index in [1.165, 1.54) is 12.1 Å². The first-order chi connectivity index (χ1) is 8.81. The molecule has 3 nitrogen and oxygen atoms in total. The van der Waals surface area contributed by atoms with Gasteiger partial charge in [-0.3, -0.25) is 0 Å². The first kappa shape index (κ1) is 10.7. The zero-order valence-electron chi connectivity index (χ0n) is 9.47. The molecule has 0 saturated heterocycles. The summed E-state index contributed by atoms with van der Waals surface area (Å²) in [5.41, 5.74) is 2.51. The molecule has 0 amide bonds. The van der Waals surface area contributed by atoms with Crippen LogP contribution in [0.5, 0.6) is 0 Å². The van der Waals surface area contributed by atoms with Gasteiger partial charge in [-0.1, -0.05) is 18.2 Å². The number of fused-ring (bicyclic) bond motifs is 1. The Hall–Kier alpha value is -2.49. The average molecular weight is 239 g/mol. The smallest absolute Gasteiger partial charge is 0.178 e. The van der Waals surface area contributed by atoms with E-state index >= 15 is 0 Å². The summed E-state index contributed by atoms with van der Waals surface area (Å²) in [5.74, 6) is 0.494. The van der Waals surface area contributed by atoms with Crippen molar-refractivity contribution in [3.8, 4) is 0 Å². The summed E-state index contributed by atoms with van der Waals surface area (Å²) in [4.78, 5) is 11.6. The van der Waals surface area contributed by atoms with Gasteiger partial charge in [-0.2, -0.15) is 0 Å². The number of aromatic nitrogens is 3. The number of pyridine rings is 1. The summed E-state index contributed by atoms with van der Waals surface area (Å²) in [6, 6.07) is 10.1. The molecule has 18 heavy (non-hydrogen) atoms. The van der Waals surface area contributed by atoms with E-state index in [1.807, 2.05) is 24.3 Å². The first-order valence-corrected chi connectivity index (χ1v) is 5.56. The average Bonchev–Trinajstić information content (AvgIpc) is 2.81. The highest BCUT2D eigenvalue weighted by Gasteiger charge is 1.99. The molecule has 0 unspecified atom stereocenters. The molecule has 0 fully saturated rings. The van der Waals surface area contributed by atoms with Crippen LogP contribution in [0.25, 0.3) is 23.3 Å². The van der Waals surface area contributed by atoms with Crippen LogP contribution < -0.4 is 0 Å². The second kappa shape index (κ2) is 4.41. The number of nitrogens with one attached hydrogen (secondary N) is 1. The standard InChI is InChI=1S/C14H10FN3/c15-11-6-3-10(4-7-11)5-8-13-17-12-2-1-9-16-14(12)18-13/h1-9H,(H,16,17,18)/b8-5+. The quantitative estimate of drug-likeness (QED) is 0.745. The van der Waals surface area contributed by atoms with Gasteiger partial charge in [0.2, 0.25) is 0 Å². The molecule has 3 rings (SSSR count). The lowest BCUT2D eigenvalue weighted by Gasteiger charge is -1.91. The van der Waals surface area contributed by atoms with Crippen molar-refractivity contribution < 1.29 is 4.39 Å². The summed E-state index contributed by atoms with van der Waals surface area (Å²) >= 11 is 0. The molecule has 1 N–H and O–H groups in total.